The Morgan fingerprint density at radius 3 is 2.53 bits per heavy atom. The summed E-state index contributed by atoms with van der Waals surface area (Å²) in [5, 5.41) is 0.666. The van der Waals surface area contributed by atoms with Crippen LogP contribution >= 0.6 is 11.6 Å². The Labute approximate surface area is 112 Å². The van der Waals surface area contributed by atoms with Crippen LogP contribution in [0, 0.1) is 0 Å². The van der Waals surface area contributed by atoms with Gasteiger partial charge in [-0.2, -0.15) is 0 Å². The van der Waals surface area contributed by atoms with E-state index in [-0.39, 0.29) is 0 Å². The van der Waals surface area contributed by atoms with Crippen LogP contribution in [0.4, 0.5) is 0 Å². The topological polar surface area (TPSA) is 17.1 Å². The first-order chi connectivity index (χ1) is 8.24. The number of halogens is 1. The number of hydrogen-bond donors (Lipinski definition) is 0. The van der Waals surface area contributed by atoms with Crippen molar-refractivity contribution in [3.05, 3.63) is 29.3 Å². The zero-order valence-electron chi connectivity index (χ0n) is 10.5. The van der Waals surface area contributed by atoms with Gasteiger partial charge in [-0.15, -0.1) is 0 Å². The standard InChI is InChI=1S/C14H21ClOS/c1-2-3-4-5-6-7-11-17(16)14-10-8-9-13(15)12-14/h8-10,12H,2-7,11H2,1H3. The molecule has 1 nitrogen and oxygen atoms in total. The molecule has 0 amide bonds. The van der Waals surface area contributed by atoms with Crippen LogP contribution in [-0.2, 0) is 10.8 Å². The molecule has 0 heterocycles. The fourth-order valence-electron chi connectivity index (χ4n) is 1.74. The zero-order valence-corrected chi connectivity index (χ0v) is 12.0. The third kappa shape index (κ3) is 6.23. The van der Waals surface area contributed by atoms with E-state index in [1.807, 2.05) is 18.2 Å². The lowest BCUT2D eigenvalue weighted by molar-refractivity contribution is 0.622. The summed E-state index contributed by atoms with van der Waals surface area (Å²) in [6.45, 7) is 2.22. The fraction of sp³-hybridized carbons (Fsp3) is 0.571. The maximum atomic E-state index is 11.9. The van der Waals surface area contributed by atoms with Crippen molar-refractivity contribution in [1.82, 2.24) is 0 Å². The molecule has 0 spiro atoms. The van der Waals surface area contributed by atoms with E-state index in [0.29, 0.717) is 5.02 Å². The molecule has 0 aliphatic carbocycles. The second-order valence-electron chi connectivity index (χ2n) is 4.27. The molecule has 0 N–H and O–H groups in total. The molecule has 0 radical (unpaired) electrons. The Hall–Kier alpha value is -0.340. The maximum Gasteiger partial charge on any atom is 0.0530 e. The summed E-state index contributed by atoms with van der Waals surface area (Å²) in [5.74, 6) is 0.756. The Kier molecular flexibility index (Phi) is 7.54. The molecule has 0 aromatic heterocycles. The van der Waals surface area contributed by atoms with Crippen LogP contribution in [0.5, 0.6) is 0 Å². The third-order valence-electron chi connectivity index (χ3n) is 2.74. The van der Waals surface area contributed by atoms with Gasteiger partial charge in [-0.3, -0.25) is 4.21 Å². The zero-order chi connectivity index (χ0) is 12.5. The Morgan fingerprint density at radius 2 is 1.82 bits per heavy atom. The SMILES string of the molecule is CCCCCCCCS(=O)c1cccc(Cl)c1. The van der Waals surface area contributed by atoms with Crippen molar-refractivity contribution in [2.45, 2.75) is 50.3 Å². The van der Waals surface area contributed by atoms with Crippen molar-refractivity contribution in [3.63, 3.8) is 0 Å². The van der Waals surface area contributed by atoms with Crippen molar-refractivity contribution in [2.24, 2.45) is 0 Å². The smallest absolute Gasteiger partial charge is 0.0530 e. The van der Waals surface area contributed by atoms with Gasteiger partial charge in [-0.1, -0.05) is 56.7 Å². The van der Waals surface area contributed by atoms with E-state index in [1.54, 1.807) is 6.07 Å². The van der Waals surface area contributed by atoms with Gasteiger partial charge in [0.25, 0.3) is 0 Å². The minimum atomic E-state index is -0.885. The summed E-state index contributed by atoms with van der Waals surface area (Å²) in [5.41, 5.74) is 0. The summed E-state index contributed by atoms with van der Waals surface area (Å²) >= 11 is 5.87. The van der Waals surface area contributed by atoms with Crippen LogP contribution in [-0.4, -0.2) is 9.96 Å². The van der Waals surface area contributed by atoms with Gasteiger partial charge in [-0.25, -0.2) is 0 Å². The summed E-state index contributed by atoms with van der Waals surface area (Å²) in [7, 11) is -0.885. The van der Waals surface area contributed by atoms with Crippen molar-refractivity contribution in [1.29, 1.82) is 0 Å². The first-order valence-corrected chi connectivity index (χ1v) is 8.07. The lowest BCUT2D eigenvalue weighted by Crippen LogP contribution is -1.98. The fourth-order valence-corrected chi connectivity index (χ4v) is 3.19. The second kappa shape index (κ2) is 8.71. The molecule has 1 aromatic rings. The highest BCUT2D eigenvalue weighted by Gasteiger charge is 2.03. The average Bonchev–Trinajstić information content (AvgIpc) is 2.33. The molecule has 0 saturated carbocycles. The number of benzene rings is 1. The Bertz CT molecular complexity index is 352. The number of unbranched alkanes of at least 4 members (excludes halogenated alkanes) is 5. The lowest BCUT2D eigenvalue weighted by Gasteiger charge is -2.03. The molecular formula is C14H21ClOS. The van der Waals surface area contributed by atoms with Gasteiger partial charge in [0.15, 0.2) is 0 Å². The average molecular weight is 273 g/mol. The number of hydrogen-bond acceptors (Lipinski definition) is 1. The molecule has 1 atom stereocenters. The summed E-state index contributed by atoms with van der Waals surface area (Å²) in [4.78, 5) is 0.853. The van der Waals surface area contributed by atoms with Crippen LogP contribution in [0.25, 0.3) is 0 Å². The Morgan fingerprint density at radius 1 is 1.12 bits per heavy atom. The van der Waals surface area contributed by atoms with Crippen LogP contribution in [0.2, 0.25) is 5.02 Å². The highest BCUT2D eigenvalue weighted by Crippen LogP contribution is 2.15. The molecule has 1 unspecified atom stereocenters. The molecule has 0 aliphatic heterocycles. The molecule has 0 saturated heterocycles. The first kappa shape index (κ1) is 14.7. The van der Waals surface area contributed by atoms with Crippen molar-refractivity contribution >= 4 is 22.4 Å². The van der Waals surface area contributed by atoms with Gasteiger partial charge in [0.1, 0.15) is 0 Å². The molecule has 1 aromatic carbocycles. The quantitative estimate of drug-likeness (QED) is 0.621. The minimum absolute atomic E-state index is 0.666. The van der Waals surface area contributed by atoms with Gasteiger partial charge < -0.3 is 0 Å². The summed E-state index contributed by atoms with van der Waals surface area (Å²) in [6.07, 6.45) is 7.39. The molecule has 3 heteroatoms. The predicted octanol–water partition coefficient (Wildman–Crippen LogP) is 4.81. The van der Waals surface area contributed by atoms with Crippen molar-refractivity contribution < 1.29 is 4.21 Å². The first-order valence-electron chi connectivity index (χ1n) is 6.38. The van der Waals surface area contributed by atoms with Gasteiger partial charge >= 0.3 is 0 Å². The summed E-state index contributed by atoms with van der Waals surface area (Å²) < 4.78 is 11.9. The third-order valence-corrected chi connectivity index (χ3v) is 4.42. The van der Waals surface area contributed by atoms with E-state index < -0.39 is 10.8 Å². The van der Waals surface area contributed by atoms with Gasteiger partial charge in [0, 0.05) is 15.7 Å². The maximum absolute atomic E-state index is 11.9. The van der Waals surface area contributed by atoms with Crippen LogP contribution in [0.15, 0.2) is 29.2 Å². The van der Waals surface area contributed by atoms with E-state index >= 15 is 0 Å². The molecule has 0 aliphatic rings. The number of rotatable bonds is 8. The summed E-state index contributed by atoms with van der Waals surface area (Å²) in [6, 6.07) is 7.36. The minimum Gasteiger partial charge on any atom is -0.254 e. The largest absolute Gasteiger partial charge is 0.254 e. The monoisotopic (exact) mass is 272 g/mol. The van der Waals surface area contributed by atoms with E-state index in [2.05, 4.69) is 6.92 Å². The Balaban J connectivity index is 2.21. The van der Waals surface area contributed by atoms with E-state index in [4.69, 9.17) is 11.6 Å². The normalized spacial score (nSPS) is 12.6. The molecule has 0 bridgehead atoms. The molecule has 96 valence electrons. The van der Waals surface area contributed by atoms with Crippen molar-refractivity contribution in [3.8, 4) is 0 Å². The molecule has 17 heavy (non-hydrogen) atoms. The molecule has 0 fully saturated rings. The van der Waals surface area contributed by atoms with Gasteiger partial charge in [-0.05, 0) is 24.6 Å². The van der Waals surface area contributed by atoms with Gasteiger partial charge in [0.05, 0.1) is 10.8 Å². The predicted molar refractivity (Wildman–Crippen MR) is 76.1 cm³/mol. The van der Waals surface area contributed by atoms with Gasteiger partial charge in [0.2, 0.25) is 0 Å². The highest BCUT2D eigenvalue weighted by atomic mass is 35.5. The van der Waals surface area contributed by atoms with E-state index in [0.717, 1.165) is 17.1 Å². The van der Waals surface area contributed by atoms with Crippen LogP contribution < -0.4 is 0 Å². The highest BCUT2D eigenvalue weighted by molar-refractivity contribution is 7.85. The van der Waals surface area contributed by atoms with Crippen LogP contribution in [0.1, 0.15) is 45.4 Å². The molecular weight excluding hydrogens is 252 g/mol. The van der Waals surface area contributed by atoms with Crippen LogP contribution in [0.3, 0.4) is 0 Å². The lowest BCUT2D eigenvalue weighted by atomic mass is 10.1. The molecule has 1 rings (SSSR count). The van der Waals surface area contributed by atoms with E-state index in [1.165, 1.54) is 32.1 Å². The van der Waals surface area contributed by atoms with E-state index in [9.17, 15) is 4.21 Å². The van der Waals surface area contributed by atoms with Crippen molar-refractivity contribution in [2.75, 3.05) is 5.75 Å². The second-order valence-corrected chi connectivity index (χ2v) is 6.28.